The molecule has 3 amide bonds. The lowest BCUT2D eigenvalue weighted by Crippen LogP contribution is -2.29. The molecule has 2 aromatic carbocycles. The number of nitrogens with zero attached hydrogens (tertiary/aromatic N) is 4. The van der Waals surface area contributed by atoms with Crippen molar-refractivity contribution in [3.63, 3.8) is 0 Å². The van der Waals surface area contributed by atoms with Gasteiger partial charge in [0.25, 0.3) is 5.91 Å². The van der Waals surface area contributed by atoms with Gasteiger partial charge in [-0.25, -0.2) is 4.68 Å². The quantitative estimate of drug-likeness (QED) is 0.630. The fraction of sp³-hybridized carbons (Fsp3) is 0.182. The van der Waals surface area contributed by atoms with Crippen LogP contribution in [-0.4, -0.2) is 39.4 Å². The van der Waals surface area contributed by atoms with Gasteiger partial charge in [0.05, 0.1) is 17.6 Å². The first-order chi connectivity index (χ1) is 14.0. The smallest absolute Gasteiger partial charge is 0.253 e. The van der Waals surface area contributed by atoms with E-state index in [1.165, 1.54) is 4.90 Å². The number of imide groups is 1. The van der Waals surface area contributed by atoms with E-state index in [1.54, 1.807) is 47.1 Å². The Labute approximate surface area is 168 Å². The third-order valence-corrected chi connectivity index (χ3v) is 4.85. The molecule has 0 N–H and O–H groups in total. The summed E-state index contributed by atoms with van der Waals surface area (Å²) in [7, 11) is 1.73. The summed E-state index contributed by atoms with van der Waals surface area (Å²) in [5, 5.41) is 4.35. The van der Waals surface area contributed by atoms with Crippen LogP contribution in [-0.2, 0) is 16.1 Å². The van der Waals surface area contributed by atoms with Crippen molar-refractivity contribution in [2.24, 2.45) is 0 Å². The van der Waals surface area contributed by atoms with Crippen LogP contribution in [0.25, 0.3) is 5.69 Å². The van der Waals surface area contributed by atoms with E-state index in [0.29, 0.717) is 17.8 Å². The van der Waals surface area contributed by atoms with Gasteiger partial charge in [-0.3, -0.25) is 19.3 Å². The molecule has 0 aliphatic carbocycles. The molecule has 4 rings (SSSR count). The van der Waals surface area contributed by atoms with Crippen LogP contribution < -0.4 is 4.90 Å². The number of carbonyl (C=O) groups is 3. The first-order valence-corrected chi connectivity index (χ1v) is 9.33. The molecule has 7 nitrogen and oxygen atoms in total. The second kappa shape index (κ2) is 7.71. The number of aromatic nitrogens is 2. The van der Waals surface area contributed by atoms with Gasteiger partial charge in [-0.2, -0.15) is 5.10 Å². The molecule has 7 heteroatoms. The molecule has 3 aromatic rings. The van der Waals surface area contributed by atoms with E-state index in [-0.39, 0.29) is 30.6 Å². The highest BCUT2D eigenvalue weighted by atomic mass is 16.2. The van der Waals surface area contributed by atoms with Crippen LogP contribution in [0.4, 0.5) is 5.69 Å². The summed E-state index contributed by atoms with van der Waals surface area (Å²) in [5.41, 5.74) is 2.86. The molecule has 1 aliphatic rings. The molecule has 1 fully saturated rings. The normalized spacial score (nSPS) is 13.8. The minimum Gasteiger partial charge on any atom is -0.337 e. The summed E-state index contributed by atoms with van der Waals surface area (Å²) in [6.07, 6.45) is 4.11. The maximum absolute atomic E-state index is 12.7. The minimum absolute atomic E-state index is 0.150. The minimum atomic E-state index is -0.207. The number of anilines is 1. The van der Waals surface area contributed by atoms with Crippen molar-refractivity contribution in [1.29, 1.82) is 0 Å². The molecule has 0 radical (unpaired) electrons. The zero-order chi connectivity index (χ0) is 20.4. The third kappa shape index (κ3) is 3.80. The van der Waals surface area contributed by atoms with Crippen molar-refractivity contribution in [3.8, 4) is 5.69 Å². The van der Waals surface area contributed by atoms with Crippen molar-refractivity contribution < 1.29 is 14.4 Å². The van der Waals surface area contributed by atoms with E-state index in [9.17, 15) is 14.4 Å². The van der Waals surface area contributed by atoms with Gasteiger partial charge in [0.2, 0.25) is 11.8 Å². The summed E-state index contributed by atoms with van der Waals surface area (Å²) in [5.74, 6) is -0.564. The third-order valence-electron chi connectivity index (χ3n) is 4.85. The van der Waals surface area contributed by atoms with Crippen molar-refractivity contribution in [3.05, 3.63) is 78.1 Å². The molecule has 146 valence electrons. The average molecular weight is 388 g/mol. The largest absolute Gasteiger partial charge is 0.337 e. The number of rotatable bonds is 5. The van der Waals surface area contributed by atoms with Gasteiger partial charge in [-0.15, -0.1) is 0 Å². The van der Waals surface area contributed by atoms with Crippen LogP contribution in [0, 0.1) is 0 Å². The van der Waals surface area contributed by atoms with Crippen LogP contribution in [0.3, 0.4) is 0 Å². The van der Waals surface area contributed by atoms with E-state index in [1.807, 2.05) is 36.5 Å². The molecule has 1 saturated heterocycles. The standard InChI is InChI=1S/C22H20N4O3/c1-24(14-16-13-23-25(15-16)18-5-3-2-4-6-18)22(29)17-7-9-19(10-8-17)26-20(27)11-12-21(26)28/h2-10,13,15H,11-12,14H2,1H3. The molecular formula is C22H20N4O3. The van der Waals surface area contributed by atoms with Gasteiger partial charge in [0.15, 0.2) is 0 Å². The number of para-hydroxylation sites is 1. The van der Waals surface area contributed by atoms with Crippen LogP contribution in [0.1, 0.15) is 28.8 Å². The number of hydrogen-bond donors (Lipinski definition) is 0. The van der Waals surface area contributed by atoms with Crippen LogP contribution >= 0.6 is 0 Å². The molecule has 0 unspecified atom stereocenters. The monoisotopic (exact) mass is 388 g/mol. The molecule has 1 aliphatic heterocycles. The Bertz CT molecular complexity index is 1040. The van der Waals surface area contributed by atoms with Crippen LogP contribution in [0.2, 0.25) is 0 Å². The first-order valence-electron chi connectivity index (χ1n) is 9.33. The molecule has 0 saturated carbocycles. The van der Waals surface area contributed by atoms with E-state index >= 15 is 0 Å². The molecular weight excluding hydrogens is 368 g/mol. The number of hydrogen-bond acceptors (Lipinski definition) is 4. The summed E-state index contributed by atoms with van der Waals surface area (Å²) < 4.78 is 1.77. The second-order valence-electron chi connectivity index (χ2n) is 6.96. The predicted molar refractivity (Wildman–Crippen MR) is 108 cm³/mol. The second-order valence-corrected chi connectivity index (χ2v) is 6.96. The molecule has 0 bridgehead atoms. The van der Waals surface area contributed by atoms with Gasteiger partial charge in [-0.05, 0) is 36.4 Å². The van der Waals surface area contributed by atoms with E-state index < -0.39 is 0 Å². The van der Waals surface area contributed by atoms with Crippen molar-refractivity contribution in [1.82, 2.24) is 14.7 Å². The maximum atomic E-state index is 12.7. The predicted octanol–water partition coefficient (Wildman–Crippen LogP) is 2.80. The Balaban J connectivity index is 1.44. The Morgan fingerprint density at radius 3 is 2.28 bits per heavy atom. The highest BCUT2D eigenvalue weighted by Gasteiger charge is 2.30. The zero-order valence-corrected chi connectivity index (χ0v) is 16.0. The van der Waals surface area contributed by atoms with Gasteiger partial charge >= 0.3 is 0 Å². The Kier molecular flexibility index (Phi) is 4.95. The van der Waals surface area contributed by atoms with Crippen LogP contribution in [0.5, 0.6) is 0 Å². The summed E-state index contributed by atoms with van der Waals surface area (Å²) in [6, 6.07) is 16.3. The number of carbonyl (C=O) groups excluding carboxylic acids is 3. The molecule has 0 spiro atoms. The Morgan fingerprint density at radius 1 is 0.966 bits per heavy atom. The summed E-state index contributed by atoms with van der Waals surface area (Å²) in [4.78, 5) is 39.2. The van der Waals surface area contributed by atoms with Gasteiger partial charge < -0.3 is 4.90 Å². The highest BCUT2D eigenvalue weighted by Crippen LogP contribution is 2.23. The topological polar surface area (TPSA) is 75.5 Å². The average Bonchev–Trinajstić information content (AvgIpc) is 3.34. The molecule has 1 aromatic heterocycles. The zero-order valence-electron chi connectivity index (χ0n) is 16.0. The van der Waals surface area contributed by atoms with E-state index in [4.69, 9.17) is 0 Å². The lowest BCUT2D eigenvalue weighted by Gasteiger charge is -2.18. The fourth-order valence-electron chi connectivity index (χ4n) is 3.35. The van der Waals surface area contributed by atoms with Crippen molar-refractivity contribution in [2.45, 2.75) is 19.4 Å². The lowest BCUT2D eigenvalue weighted by molar-refractivity contribution is -0.121. The number of benzene rings is 2. The van der Waals surface area contributed by atoms with Crippen molar-refractivity contribution in [2.75, 3.05) is 11.9 Å². The molecule has 2 heterocycles. The van der Waals surface area contributed by atoms with E-state index in [0.717, 1.165) is 11.3 Å². The molecule has 0 atom stereocenters. The van der Waals surface area contributed by atoms with E-state index in [2.05, 4.69) is 5.10 Å². The SMILES string of the molecule is CN(Cc1cnn(-c2ccccc2)c1)C(=O)c1ccc(N2C(=O)CCC2=O)cc1. The van der Waals surface area contributed by atoms with Gasteiger partial charge in [-0.1, -0.05) is 18.2 Å². The van der Waals surface area contributed by atoms with Gasteiger partial charge in [0, 0.05) is 43.8 Å². The fourth-order valence-corrected chi connectivity index (χ4v) is 3.35. The van der Waals surface area contributed by atoms with Gasteiger partial charge in [0.1, 0.15) is 0 Å². The van der Waals surface area contributed by atoms with Crippen molar-refractivity contribution >= 4 is 23.4 Å². The first kappa shape index (κ1) is 18.6. The summed E-state index contributed by atoms with van der Waals surface area (Å²) >= 11 is 0. The highest BCUT2D eigenvalue weighted by molar-refractivity contribution is 6.19. The Hall–Kier alpha value is -3.74. The Morgan fingerprint density at radius 2 is 1.62 bits per heavy atom. The van der Waals surface area contributed by atoms with Crippen LogP contribution in [0.15, 0.2) is 67.0 Å². The summed E-state index contributed by atoms with van der Waals surface area (Å²) in [6.45, 7) is 0.413. The maximum Gasteiger partial charge on any atom is 0.253 e. The molecule has 29 heavy (non-hydrogen) atoms. The number of amides is 3. The lowest BCUT2D eigenvalue weighted by atomic mass is 10.1.